The third-order valence-corrected chi connectivity index (χ3v) is 4.34. The van der Waals surface area contributed by atoms with Crippen molar-refractivity contribution in [3.8, 4) is 0 Å². The van der Waals surface area contributed by atoms with E-state index in [1.807, 2.05) is 23.0 Å². The minimum atomic E-state index is -0.428. The second kappa shape index (κ2) is 5.09. The van der Waals surface area contributed by atoms with Crippen LogP contribution >= 0.6 is 23.0 Å². The average molecular weight is 314 g/mol. The van der Waals surface area contributed by atoms with Gasteiger partial charge in [-0.1, -0.05) is 20.8 Å². The Labute approximate surface area is 99.9 Å². The molecule has 1 rings (SSSR count). The summed E-state index contributed by atoms with van der Waals surface area (Å²) in [5, 5.41) is 10.0. The predicted octanol–water partition coefficient (Wildman–Crippen LogP) is 2.02. The summed E-state index contributed by atoms with van der Waals surface area (Å²) in [4.78, 5) is 0. The summed E-state index contributed by atoms with van der Waals surface area (Å²) in [7, 11) is 1.68. The van der Waals surface area contributed by atoms with Crippen LogP contribution in [0.5, 0.6) is 0 Å². The third-order valence-electron chi connectivity index (χ3n) is 3.75. The molecule has 0 spiro atoms. The highest BCUT2D eigenvalue weighted by Crippen LogP contribution is 2.38. The number of halogens is 1. The molecule has 84 valence electrons. The van der Waals surface area contributed by atoms with Crippen LogP contribution in [0.25, 0.3) is 0 Å². The molecule has 0 radical (unpaired) electrons. The number of ether oxygens (including phenoxy) is 1. The Morgan fingerprint density at radius 3 is 2.00 bits per heavy atom. The summed E-state index contributed by atoms with van der Waals surface area (Å²) in [5.41, 5.74) is 0. The maximum absolute atomic E-state index is 10.0. The Hall–Kier alpha value is 0.610. The zero-order valence-corrected chi connectivity index (χ0v) is 11.3. The summed E-state index contributed by atoms with van der Waals surface area (Å²) < 4.78 is 10.7. The molecule has 0 aromatic carbocycles. The molecule has 0 amide bonds. The number of hydrogen-bond acceptors (Lipinski definition) is 3. The molecule has 0 aromatic rings. The fourth-order valence-corrected chi connectivity index (χ4v) is 2.92. The first kappa shape index (κ1) is 12.7. The van der Waals surface area contributed by atoms with Gasteiger partial charge in [0.15, 0.2) is 0 Å². The summed E-state index contributed by atoms with van der Waals surface area (Å²) in [5.74, 6) is 1.13. The number of hydrogen-bond donors (Lipinski definition) is 1. The Morgan fingerprint density at radius 2 is 1.57 bits per heavy atom. The second-order valence-electron chi connectivity index (χ2n) is 4.32. The van der Waals surface area contributed by atoms with Gasteiger partial charge in [-0.2, -0.15) is 0 Å². The fraction of sp³-hybridized carbons (Fsp3) is 1.00. The van der Waals surface area contributed by atoms with E-state index in [-0.39, 0.29) is 18.1 Å². The van der Waals surface area contributed by atoms with E-state index in [1.165, 1.54) is 0 Å². The van der Waals surface area contributed by atoms with Crippen LogP contribution in [-0.4, -0.2) is 30.5 Å². The molecule has 1 aliphatic carbocycles. The molecule has 0 aliphatic heterocycles. The molecular formula is C10H19IO3. The Morgan fingerprint density at radius 1 is 1.00 bits per heavy atom. The van der Waals surface area contributed by atoms with Crippen molar-refractivity contribution in [1.82, 2.24) is 0 Å². The zero-order chi connectivity index (χ0) is 10.9. The number of methoxy groups -OCH3 is 1. The molecule has 3 nitrogen and oxygen atoms in total. The lowest BCUT2D eigenvalue weighted by molar-refractivity contribution is -0.138. The van der Waals surface area contributed by atoms with Crippen LogP contribution < -0.4 is 0 Å². The van der Waals surface area contributed by atoms with Crippen molar-refractivity contribution in [3.63, 3.8) is 0 Å². The topological polar surface area (TPSA) is 38.7 Å². The molecule has 4 heteroatoms. The zero-order valence-electron chi connectivity index (χ0n) is 9.11. The van der Waals surface area contributed by atoms with Gasteiger partial charge in [0.2, 0.25) is 0 Å². The lowest BCUT2D eigenvalue weighted by Gasteiger charge is -2.45. The number of aliphatic hydroxyl groups is 1. The minimum absolute atomic E-state index is 0.00639. The Balaban J connectivity index is 2.84. The van der Waals surface area contributed by atoms with Gasteiger partial charge in [-0.15, -0.1) is 0 Å². The van der Waals surface area contributed by atoms with Crippen LogP contribution in [0.2, 0.25) is 0 Å². The molecule has 1 saturated carbocycles. The van der Waals surface area contributed by atoms with Crippen LogP contribution in [0.1, 0.15) is 20.8 Å². The fourth-order valence-electron chi connectivity index (χ4n) is 2.33. The molecule has 1 fully saturated rings. The third kappa shape index (κ3) is 2.08. The van der Waals surface area contributed by atoms with Gasteiger partial charge in [-0.3, -0.25) is 0 Å². The van der Waals surface area contributed by atoms with Crippen molar-refractivity contribution in [3.05, 3.63) is 0 Å². The molecule has 0 heterocycles. The van der Waals surface area contributed by atoms with Crippen LogP contribution in [0, 0.1) is 17.8 Å². The summed E-state index contributed by atoms with van der Waals surface area (Å²) in [6.45, 7) is 6.39. The van der Waals surface area contributed by atoms with Gasteiger partial charge in [0.25, 0.3) is 0 Å². The highest BCUT2D eigenvalue weighted by molar-refractivity contribution is 14.1. The smallest absolute Gasteiger partial charge is 0.122 e. The normalized spacial score (nSPS) is 49.3. The first-order chi connectivity index (χ1) is 6.54. The van der Waals surface area contributed by atoms with Gasteiger partial charge in [-0.25, -0.2) is 0 Å². The molecule has 1 N–H and O–H groups in total. The van der Waals surface area contributed by atoms with Gasteiger partial charge < -0.3 is 12.9 Å². The lowest BCUT2D eigenvalue weighted by Crippen LogP contribution is -2.54. The average Bonchev–Trinajstić information content (AvgIpc) is 2.20. The van der Waals surface area contributed by atoms with E-state index >= 15 is 0 Å². The van der Waals surface area contributed by atoms with Crippen molar-refractivity contribution < 1.29 is 12.9 Å². The second-order valence-corrected chi connectivity index (χ2v) is 4.83. The maximum atomic E-state index is 10.0. The largest absolute Gasteiger partial charge is 0.390 e. The summed E-state index contributed by atoms with van der Waals surface area (Å²) in [6, 6.07) is 0. The standard InChI is InChI=1S/C10H19IO3/c1-5-6(2)8(12)10(14-11)9(13-4)7(5)3/h5-10,12H,1-4H3. The summed E-state index contributed by atoms with van der Waals surface area (Å²) >= 11 is 1.85. The van der Waals surface area contributed by atoms with Gasteiger partial charge in [0.05, 0.1) is 12.2 Å². The molecule has 0 aromatic heterocycles. The molecule has 6 atom stereocenters. The van der Waals surface area contributed by atoms with E-state index in [4.69, 9.17) is 7.80 Å². The molecule has 6 unspecified atom stereocenters. The number of aliphatic hydroxyl groups excluding tert-OH is 1. The van der Waals surface area contributed by atoms with Crippen molar-refractivity contribution >= 4 is 23.0 Å². The van der Waals surface area contributed by atoms with Crippen LogP contribution in [0.3, 0.4) is 0 Å². The van der Waals surface area contributed by atoms with E-state index in [0.29, 0.717) is 11.8 Å². The first-order valence-electron chi connectivity index (χ1n) is 5.02. The molecule has 1 aliphatic rings. The highest BCUT2D eigenvalue weighted by atomic mass is 127. The molecule has 0 bridgehead atoms. The van der Waals surface area contributed by atoms with Crippen molar-refractivity contribution in [2.24, 2.45) is 17.8 Å². The van der Waals surface area contributed by atoms with Crippen LogP contribution in [-0.2, 0) is 7.80 Å². The lowest BCUT2D eigenvalue weighted by atomic mass is 9.70. The van der Waals surface area contributed by atoms with Crippen LogP contribution in [0.4, 0.5) is 0 Å². The first-order valence-corrected chi connectivity index (χ1v) is 5.91. The van der Waals surface area contributed by atoms with Crippen molar-refractivity contribution in [1.29, 1.82) is 0 Å². The van der Waals surface area contributed by atoms with E-state index in [9.17, 15) is 5.11 Å². The Bertz CT molecular complexity index is 168. The van der Waals surface area contributed by atoms with Crippen molar-refractivity contribution in [2.75, 3.05) is 7.11 Å². The quantitative estimate of drug-likeness (QED) is 0.793. The molecule has 14 heavy (non-hydrogen) atoms. The Kier molecular flexibility index (Phi) is 4.61. The molecule has 0 saturated heterocycles. The van der Waals surface area contributed by atoms with Crippen molar-refractivity contribution in [2.45, 2.75) is 39.1 Å². The molecular weight excluding hydrogens is 295 g/mol. The minimum Gasteiger partial charge on any atom is -0.390 e. The summed E-state index contributed by atoms with van der Waals surface area (Å²) in [6.07, 6.45) is -0.641. The van der Waals surface area contributed by atoms with Gasteiger partial charge in [0, 0.05) is 7.11 Å². The van der Waals surface area contributed by atoms with Gasteiger partial charge in [-0.05, 0) is 17.8 Å². The van der Waals surface area contributed by atoms with E-state index in [1.54, 1.807) is 7.11 Å². The number of rotatable bonds is 2. The van der Waals surface area contributed by atoms with Gasteiger partial charge in [0.1, 0.15) is 29.1 Å². The highest BCUT2D eigenvalue weighted by Gasteiger charge is 2.45. The monoisotopic (exact) mass is 314 g/mol. The maximum Gasteiger partial charge on any atom is 0.122 e. The SMILES string of the molecule is COC1C(C)C(C)C(C)C(O)C1OI. The predicted molar refractivity (Wildman–Crippen MR) is 63.2 cm³/mol. The van der Waals surface area contributed by atoms with E-state index in [2.05, 4.69) is 20.8 Å². The van der Waals surface area contributed by atoms with Crippen LogP contribution in [0.15, 0.2) is 0 Å². The van der Waals surface area contributed by atoms with Gasteiger partial charge >= 0.3 is 0 Å². The van der Waals surface area contributed by atoms with E-state index < -0.39 is 6.10 Å². The van der Waals surface area contributed by atoms with E-state index in [0.717, 1.165) is 0 Å².